The van der Waals surface area contributed by atoms with E-state index in [4.69, 9.17) is 23.2 Å². The summed E-state index contributed by atoms with van der Waals surface area (Å²) < 4.78 is 0. The lowest BCUT2D eigenvalue weighted by Gasteiger charge is -2.05. The average Bonchev–Trinajstić information content (AvgIpc) is 1.94. The zero-order chi connectivity index (χ0) is 8.43. The Morgan fingerprint density at radius 3 is 2.08 bits per heavy atom. The highest BCUT2D eigenvalue weighted by Gasteiger charge is 2.01. The first-order chi connectivity index (χ1) is 5.11. The van der Waals surface area contributed by atoms with Crippen LogP contribution in [0.2, 0.25) is 10.0 Å². The quantitative estimate of drug-likeness (QED) is 0.620. The van der Waals surface area contributed by atoms with Gasteiger partial charge in [0.15, 0.2) is 0 Å². The van der Waals surface area contributed by atoms with E-state index in [1.807, 2.05) is 18.2 Å². The van der Waals surface area contributed by atoms with Crippen LogP contribution in [0.5, 0.6) is 0 Å². The summed E-state index contributed by atoms with van der Waals surface area (Å²) in [4.78, 5) is 0. The molecule has 0 saturated heterocycles. The molecule has 1 aromatic carbocycles. The van der Waals surface area contributed by atoms with Crippen molar-refractivity contribution >= 4 is 23.2 Å². The third-order valence-corrected chi connectivity index (χ3v) is 2.35. The summed E-state index contributed by atoms with van der Waals surface area (Å²) >= 11 is 11.6. The molecule has 0 saturated carbocycles. The molecule has 0 N–H and O–H groups in total. The molecule has 0 nitrogen and oxygen atoms in total. The summed E-state index contributed by atoms with van der Waals surface area (Å²) in [6.45, 7) is 4.25. The molecule has 0 aliphatic rings. The zero-order valence-electron chi connectivity index (χ0n) is 6.57. The van der Waals surface area contributed by atoms with Gasteiger partial charge in [0.2, 0.25) is 0 Å². The summed E-state index contributed by atoms with van der Waals surface area (Å²) in [6.07, 6.45) is 0. The Morgan fingerprint density at radius 2 is 1.67 bits per heavy atom. The number of benzene rings is 1. The topological polar surface area (TPSA) is 0 Å². The largest absolute Gasteiger partial charge is 0.0827 e. The van der Waals surface area contributed by atoms with Crippen molar-refractivity contribution in [2.24, 2.45) is 0 Å². The lowest BCUT2D eigenvalue weighted by Crippen LogP contribution is -1.85. The summed E-state index contributed by atoms with van der Waals surface area (Å²) in [5.41, 5.74) is 1.22. The Bertz CT molecular complexity index is 254. The second-order valence-electron chi connectivity index (χ2n) is 2.83. The van der Waals surface area contributed by atoms with E-state index in [1.54, 1.807) is 0 Å². The van der Waals surface area contributed by atoms with Gasteiger partial charge in [-0.25, -0.2) is 0 Å². The van der Waals surface area contributed by atoms with E-state index < -0.39 is 0 Å². The van der Waals surface area contributed by atoms with Crippen molar-refractivity contribution in [3.63, 3.8) is 0 Å². The van der Waals surface area contributed by atoms with Gasteiger partial charge in [-0.1, -0.05) is 50.5 Å². The Hall–Kier alpha value is -0.200. The molecule has 0 unspecified atom stereocenters. The molecule has 68 valence electrons. The molecule has 1 aromatic rings. The first kappa shape index (κ1) is 11.8. The molecular formula is C10H14Cl2. The van der Waals surface area contributed by atoms with E-state index in [0.29, 0.717) is 16.0 Å². The van der Waals surface area contributed by atoms with Crippen LogP contribution in [0.3, 0.4) is 0 Å². The Morgan fingerprint density at radius 1 is 1.08 bits per heavy atom. The van der Waals surface area contributed by atoms with Gasteiger partial charge in [-0.3, -0.25) is 0 Å². The molecule has 12 heavy (non-hydrogen) atoms. The molecule has 0 radical (unpaired) electrons. The number of hydrogen-bond donors (Lipinski definition) is 0. The second kappa shape index (κ2) is 4.74. The molecule has 0 bridgehead atoms. The van der Waals surface area contributed by atoms with E-state index >= 15 is 0 Å². The molecule has 0 spiro atoms. The third-order valence-electron chi connectivity index (χ3n) is 1.61. The number of rotatable bonds is 1. The first-order valence-electron chi connectivity index (χ1n) is 3.56. The van der Waals surface area contributed by atoms with Gasteiger partial charge in [0.25, 0.3) is 0 Å². The predicted molar refractivity (Wildman–Crippen MR) is 57.3 cm³/mol. The van der Waals surface area contributed by atoms with Crippen LogP contribution in [0, 0.1) is 0 Å². The van der Waals surface area contributed by atoms with Gasteiger partial charge in [0, 0.05) is 0 Å². The van der Waals surface area contributed by atoms with Crippen LogP contribution in [-0.4, -0.2) is 0 Å². The van der Waals surface area contributed by atoms with E-state index in [9.17, 15) is 0 Å². The lowest BCUT2D eigenvalue weighted by atomic mass is 10.0. The van der Waals surface area contributed by atoms with Gasteiger partial charge in [-0.2, -0.15) is 0 Å². The molecule has 0 atom stereocenters. The molecule has 1 rings (SSSR count). The van der Waals surface area contributed by atoms with Crippen molar-refractivity contribution in [3.05, 3.63) is 33.8 Å². The standard InChI is InChI=1S/C9H10Cl2.CH4/c1-6(2)7-3-4-8(10)9(11)5-7;/h3-6H,1-2H3;1H4. The maximum absolute atomic E-state index is 5.83. The Labute approximate surface area is 84.5 Å². The van der Waals surface area contributed by atoms with Crippen LogP contribution in [0.15, 0.2) is 18.2 Å². The monoisotopic (exact) mass is 204 g/mol. The minimum absolute atomic E-state index is 0. The van der Waals surface area contributed by atoms with Crippen LogP contribution in [-0.2, 0) is 0 Å². The van der Waals surface area contributed by atoms with Crippen LogP contribution in [0.25, 0.3) is 0 Å². The molecule has 0 amide bonds. The van der Waals surface area contributed by atoms with E-state index in [0.717, 1.165) is 0 Å². The van der Waals surface area contributed by atoms with Crippen molar-refractivity contribution < 1.29 is 0 Å². The summed E-state index contributed by atoms with van der Waals surface area (Å²) in [5.74, 6) is 0.504. The molecule has 0 fully saturated rings. The Kier molecular flexibility index (Phi) is 4.66. The van der Waals surface area contributed by atoms with Gasteiger partial charge >= 0.3 is 0 Å². The minimum Gasteiger partial charge on any atom is -0.0827 e. The van der Waals surface area contributed by atoms with Crippen molar-refractivity contribution in [2.45, 2.75) is 27.2 Å². The van der Waals surface area contributed by atoms with Gasteiger partial charge in [0.1, 0.15) is 0 Å². The summed E-state index contributed by atoms with van der Waals surface area (Å²) in [5, 5.41) is 1.26. The smallest absolute Gasteiger partial charge is 0.0595 e. The minimum atomic E-state index is 0. The first-order valence-corrected chi connectivity index (χ1v) is 4.32. The maximum Gasteiger partial charge on any atom is 0.0595 e. The second-order valence-corrected chi connectivity index (χ2v) is 3.64. The van der Waals surface area contributed by atoms with Gasteiger partial charge in [-0.15, -0.1) is 0 Å². The normalized spacial score (nSPS) is 9.75. The SMILES string of the molecule is C.CC(C)c1ccc(Cl)c(Cl)c1. The molecule has 0 aliphatic carbocycles. The predicted octanol–water partition coefficient (Wildman–Crippen LogP) is 4.75. The van der Waals surface area contributed by atoms with Crippen LogP contribution < -0.4 is 0 Å². The molecular weight excluding hydrogens is 191 g/mol. The van der Waals surface area contributed by atoms with Crippen molar-refractivity contribution in [1.82, 2.24) is 0 Å². The highest BCUT2D eigenvalue weighted by Crippen LogP contribution is 2.25. The van der Waals surface area contributed by atoms with E-state index in [1.165, 1.54) is 5.56 Å². The summed E-state index contributed by atoms with van der Waals surface area (Å²) in [6, 6.07) is 5.74. The lowest BCUT2D eigenvalue weighted by molar-refractivity contribution is 0.867. The van der Waals surface area contributed by atoms with Gasteiger partial charge in [-0.05, 0) is 23.6 Å². The van der Waals surface area contributed by atoms with Crippen molar-refractivity contribution in [2.75, 3.05) is 0 Å². The van der Waals surface area contributed by atoms with Gasteiger partial charge in [0.05, 0.1) is 10.0 Å². The van der Waals surface area contributed by atoms with Crippen LogP contribution >= 0.6 is 23.2 Å². The molecule has 2 heteroatoms. The highest BCUT2D eigenvalue weighted by molar-refractivity contribution is 6.42. The molecule has 0 aromatic heterocycles. The summed E-state index contributed by atoms with van der Waals surface area (Å²) in [7, 11) is 0. The van der Waals surface area contributed by atoms with Crippen LogP contribution in [0.1, 0.15) is 32.8 Å². The third kappa shape index (κ3) is 2.69. The van der Waals surface area contributed by atoms with E-state index in [2.05, 4.69) is 13.8 Å². The van der Waals surface area contributed by atoms with Crippen molar-refractivity contribution in [3.8, 4) is 0 Å². The van der Waals surface area contributed by atoms with Gasteiger partial charge < -0.3 is 0 Å². The number of hydrogen-bond acceptors (Lipinski definition) is 0. The van der Waals surface area contributed by atoms with E-state index in [-0.39, 0.29) is 7.43 Å². The number of halogens is 2. The maximum atomic E-state index is 5.83. The zero-order valence-corrected chi connectivity index (χ0v) is 8.08. The highest BCUT2D eigenvalue weighted by atomic mass is 35.5. The molecule has 0 heterocycles. The van der Waals surface area contributed by atoms with Crippen molar-refractivity contribution in [1.29, 1.82) is 0 Å². The molecule has 0 aliphatic heterocycles. The fourth-order valence-electron chi connectivity index (χ4n) is 0.871. The Balaban J connectivity index is 0.00000121. The fraction of sp³-hybridized carbons (Fsp3) is 0.400. The fourth-order valence-corrected chi connectivity index (χ4v) is 1.18. The average molecular weight is 205 g/mol. The van der Waals surface area contributed by atoms with Crippen LogP contribution in [0.4, 0.5) is 0 Å².